The van der Waals surface area contributed by atoms with E-state index in [0.717, 1.165) is 5.56 Å². The lowest BCUT2D eigenvalue weighted by Gasteiger charge is -2.22. The van der Waals surface area contributed by atoms with Gasteiger partial charge in [0, 0.05) is 33.0 Å². The number of carbonyl (C=O) groups excluding carboxylic acids is 2. The van der Waals surface area contributed by atoms with Crippen molar-refractivity contribution in [3.8, 4) is 0 Å². The van der Waals surface area contributed by atoms with Crippen LogP contribution in [0.3, 0.4) is 0 Å². The molecule has 124 valence electrons. The Hall–Kier alpha value is -2.37. The normalized spacial score (nSPS) is 17.1. The van der Waals surface area contributed by atoms with Gasteiger partial charge in [0.05, 0.1) is 0 Å². The van der Waals surface area contributed by atoms with Gasteiger partial charge in [-0.15, -0.1) is 0 Å². The van der Waals surface area contributed by atoms with Gasteiger partial charge in [0.15, 0.2) is 0 Å². The van der Waals surface area contributed by atoms with Gasteiger partial charge in [-0.05, 0) is 18.4 Å². The van der Waals surface area contributed by atoms with Crippen LogP contribution in [0.4, 0.5) is 0 Å². The summed E-state index contributed by atoms with van der Waals surface area (Å²) >= 11 is 0. The molecule has 6 heteroatoms. The molecule has 0 aliphatic carbocycles. The minimum atomic E-state index is -0.969. The molecule has 0 aromatic heterocycles. The van der Waals surface area contributed by atoms with E-state index in [1.807, 2.05) is 30.3 Å². The number of likely N-dealkylation sites (tertiary alicyclic amines) is 1. The van der Waals surface area contributed by atoms with Crippen molar-refractivity contribution >= 4 is 17.8 Å². The molecule has 1 saturated heterocycles. The van der Waals surface area contributed by atoms with Gasteiger partial charge in [0.1, 0.15) is 6.04 Å². The lowest BCUT2D eigenvalue weighted by atomic mass is 10.2. The van der Waals surface area contributed by atoms with Crippen LogP contribution in [0.15, 0.2) is 30.3 Å². The SMILES string of the molecule is CN(Cc1ccccc1)C(=O)CCC(=O)N1CCC[C@H]1C(=O)O. The second kappa shape index (κ2) is 7.76. The van der Waals surface area contributed by atoms with Crippen molar-refractivity contribution < 1.29 is 19.5 Å². The van der Waals surface area contributed by atoms with Gasteiger partial charge in [-0.3, -0.25) is 9.59 Å². The van der Waals surface area contributed by atoms with Gasteiger partial charge in [-0.25, -0.2) is 4.79 Å². The molecule has 2 amide bonds. The average molecular weight is 318 g/mol. The van der Waals surface area contributed by atoms with Crippen LogP contribution in [0.5, 0.6) is 0 Å². The molecule has 2 rings (SSSR count). The van der Waals surface area contributed by atoms with Crippen LogP contribution in [0.25, 0.3) is 0 Å². The zero-order valence-electron chi connectivity index (χ0n) is 13.3. The van der Waals surface area contributed by atoms with Crippen molar-refractivity contribution in [1.29, 1.82) is 0 Å². The lowest BCUT2D eigenvalue weighted by Crippen LogP contribution is -2.40. The molecule has 1 aromatic carbocycles. The Bertz CT molecular complexity index is 573. The second-order valence-electron chi connectivity index (χ2n) is 5.82. The predicted molar refractivity (Wildman–Crippen MR) is 84.5 cm³/mol. The molecule has 1 fully saturated rings. The largest absolute Gasteiger partial charge is 0.480 e. The summed E-state index contributed by atoms with van der Waals surface area (Å²) in [6.07, 6.45) is 1.35. The fraction of sp³-hybridized carbons (Fsp3) is 0.471. The zero-order valence-corrected chi connectivity index (χ0v) is 13.3. The summed E-state index contributed by atoms with van der Waals surface area (Å²) in [4.78, 5) is 38.3. The zero-order chi connectivity index (χ0) is 16.8. The number of rotatable bonds is 6. The van der Waals surface area contributed by atoms with E-state index >= 15 is 0 Å². The molecule has 1 N–H and O–H groups in total. The maximum absolute atomic E-state index is 12.1. The van der Waals surface area contributed by atoms with Crippen LogP contribution in [-0.4, -0.2) is 52.3 Å². The lowest BCUT2D eigenvalue weighted by molar-refractivity contribution is -0.148. The predicted octanol–water partition coefficient (Wildman–Crippen LogP) is 1.50. The molecule has 0 unspecified atom stereocenters. The Labute approximate surface area is 135 Å². The van der Waals surface area contributed by atoms with Crippen molar-refractivity contribution in [1.82, 2.24) is 9.80 Å². The van der Waals surface area contributed by atoms with Gasteiger partial charge >= 0.3 is 5.97 Å². The monoisotopic (exact) mass is 318 g/mol. The number of carboxylic acid groups (broad SMARTS) is 1. The highest BCUT2D eigenvalue weighted by Gasteiger charge is 2.33. The molecule has 1 heterocycles. The minimum Gasteiger partial charge on any atom is -0.480 e. The van der Waals surface area contributed by atoms with Crippen molar-refractivity contribution in [2.45, 2.75) is 38.3 Å². The quantitative estimate of drug-likeness (QED) is 0.862. The Morgan fingerprint density at radius 2 is 1.91 bits per heavy atom. The molecule has 0 saturated carbocycles. The number of benzene rings is 1. The minimum absolute atomic E-state index is 0.0573. The highest BCUT2D eigenvalue weighted by molar-refractivity contribution is 5.87. The maximum Gasteiger partial charge on any atom is 0.326 e. The first-order valence-corrected chi connectivity index (χ1v) is 7.79. The van der Waals surface area contributed by atoms with Crippen LogP contribution in [-0.2, 0) is 20.9 Å². The number of nitrogens with zero attached hydrogens (tertiary/aromatic N) is 2. The van der Waals surface area contributed by atoms with E-state index in [9.17, 15) is 14.4 Å². The molecule has 23 heavy (non-hydrogen) atoms. The highest BCUT2D eigenvalue weighted by Crippen LogP contribution is 2.19. The standard InChI is InChI=1S/C17H22N2O4/c1-18(12-13-6-3-2-4-7-13)15(20)9-10-16(21)19-11-5-8-14(19)17(22)23/h2-4,6-7,14H,5,8-12H2,1H3,(H,22,23)/t14-/m0/s1. The summed E-state index contributed by atoms with van der Waals surface area (Å²) < 4.78 is 0. The number of carbonyl (C=O) groups is 3. The van der Waals surface area contributed by atoms with Crippen LogP contribution in [0.2, 0.25) is 0 Å². The van der Waals surface area contributed by atoms with Gasteiger partial charge in [0.2, 0.25) is 11.8 Å². The van der Waals surface area contributed by atoms with Gasteiger partial charge in [0.25, 0.3) is 0 Å². The van der Waals surface area contributed by atoms with Crippen LogP contribution < -0.4 is 0 Å². The fourth-order valence-electron chi connectivity index (χ4n) is 2.82. The summed E-state index contributed by atoms with van der Waals surface area (Å²) in [7, 11) is 1.70. The molecular formula is C17H22N2O4. The van der Waals surface area contributed by atoms with E-state index in [0.29, 0.717) is 25.9 Å². The Morgan fingerprint density at radius 3 is 2.57 bits per heavy atom. The van der Waals surface area contributed by atoms with Gasteiger partial charge < -0.3 is 14.9 Å². The van der Waals surface area contributed by atoms with Crippen LogP contribution in [0, 0.1) is 0 Å². The molecule has 0 spiro atoms. The van der Waals surface area contributed by atoms with E-state index in [1.54, 1.807) is 11.9 Å². The summed E-state index contributed by atoms with van der Waals surface area (Å²) in [6.45, 7) is 0.958. The smallest absolute Gasteiger partial charge is 0.326 e. The van der Waals surface area contributed by atoms with Crippen molar-refractivity contribution in [2.75, 3.05) is 13.6 Å². The number of hydrogen-bond donors (Lipinski definition) is 1. The first kappa shape index (κ1) is 17.0. The molecule has 1 aliphatic heterocycles. The second-order valence-corrected chi connectivity index (χ2v) is 5.82. The molecule has 1 aliphatic rings. The summed E-state index contributed by atoms with van der Waals surface area (Å²) in [5.41, 5.74) is 1.03. The van der Waals surface area contributed by atoms with Crippen molar-refractivity contribution in [3.05, 3.63) is 35.9 Å². The van der Waals surface area contributed by atoms with Crippen molar-refractivity contribution in [2.24, 2.45) is 0 Å². The van der Waals surface area contributed by atoms with Gasteiger partial charge in [-0.1, -0.05) is 30.3 Å². The summed E-state index contributed by atoms with van der Waals surface area (Å²) in [6, 6.07) is 8.89. The Morgan fingerprint density at radius 1 is 1.22 bits per heavy atom. The van der Waals surface area contributed by atoms with Crippen molar-refractivity contribution in [3.63, 3.8) is 0 Å². The van der Waals surface area contributed by atoms with Crippen LogP contribution in [0.1, 0.15) is 31.2 Å². The van der Waals surface area contributed by atoms with Gasteiger partial charge in [-0.2, -0.15) is 0 Å². The molecule has 1 aromatic rings. The third-order valence-corrected chi connectivity index (χ3v) is 4.10. The summed E-state index contributed by atoms with van der Waals surface area (Å²) in [5.74, 6) is -1.34. The highest BCUT2D eigenvalue weighted by atomic mass is 16.4. The molecule has 6 nitrogen and oxygen atoms in total. The number of carboxylic acids is 1. The van der Waals surface area contributed by atoms with Crippen LogP contribution >= 0.6 is 0 Å². The van der Waals surface area contributed by atoms with E-state index in [4.69, 9.17) is 5.11 Å². The van der Waals surface area contributed by atoms with E-state index in [-0.39, 0.29) is 24.7 Å². The van der Waals surface area contributed by atoms with E-state index in [1.165, 1.54) is 4.90 Å². The Kier molecular flexibility index (Phi) is 5.73. The van der Waals surface area contributed by atoms with E-state index in [2.05, 4.69) is 0 Å². The summed E-state index contributed by atoms with van der Waals surface area (Å²) in [5, 5.41) is 9.09. The van der Waals surface area contributed by atoms with E-state index < -0.39 is 12.0 Å². The number of hydrogen-bond acceptors (Lipinski definition) is 3. The fourth-order valence-corrected chi connectivity index (χ4v) is 2.82. The topological polar surface area (TPSA) is 77.9 Å². The molecule has 0 radical (unpaired) electrons. The number of aliphatic carboxylic acids is 1. The molecule has 1 atom stereocenters. The first-order chi connectivity index (χ1) is 11.0. The third kappa shape index (κ3) is 4.55. The average Bonchev–Trinajstić information content (AvgIpc) is 3.03. The Balaban J connectivity index is 1.81. The molecular weight excluding hydrogens is 296 g/mol. The molecule has 0 bridgehead atoms. The maximum atomic E-state index is 12.1. The first-order valence-electron chi connectivity index (χ1n) is 7.79. The third-order valence-electron chi connectivity index (χ3n) is 4.10. The number of amides is 2.